The zero-order chi connectivity index (χ0) is 21.1. The lowest BCUT2D eigenvalue weighted by molar-refractivity contribution is -0.143. The summed E-state index contributed by atoms with van der Waals surface area (Å²) in [5, 5.41) is 0. The molecule has 29 heavy (non-hydrogen) atoms. The van der Waals surface area contributed by atoms with E-state index >= 15 is 0 Å². The van der Waals surface area contributed by atoms with Crippen LogP contribution in [-0.2, 0) is 14.4 Å². The molecule has 1 aromatic rings. The van der Waals surface area contributed by atoms with Crippen molar-refractivity contribution in [3.8, 4) is 17.2 Å². The number of carbonyl (C=O) groups is 3. The fourth-order valence-corrected chi connectivity index (χ4v) is 3.12. The highest BCUT2D eigenvalue weighted by Crippen LogP contribution is 2.39. The van der Waals surface area contributed by atoms with Gasteiger partial charge in [0.2, 0.25) is 11.7 Å². The van der Waals surface area contributed by atoms with Crippen molar-refractivity contribution in [2.45, 2.75) is 44.9 Å². The topological polar surface area (TPSA) is 82.1 Å². The Balaban J connectivity index is 2.06. The van der Waals surface area contributed by atoms with Gasteiger partial charge in [-0.25, -0.2) is 0 Å². The molecule has 158 valence electrons. The van der Waals surface area contributed by atoms with Crippen LogP contribution in [0.15, 0.2) is 18.2 Å². The van der Waals surface area contributed by atoms with E-state index in [4.69, 9.17) is 14.2 Å². The number of methoxy groups -OCH3 is 2. The van der Waals surface area contributed by atoms with E-state index in [1.807, 2.05) is 0 Å². The molecule has 0 atom stereocenters. The van der Waals surface area contributed by atoms with E-state index in [-0.39, 0.29) is 11.8 Å². The molecule has 7 heteroatoms. The molecule has 1 saturated heterocycles. The average molecular weight is 403 g/mol. The number of benzene rings is 1. The normalized spacial score (nSPS) is 14.1. The summed E-state index contributed by atoms with van der Waals surface area (Å²) in [6, 6.07) is 3.51. The average Bonchev–Trinajstić information content (AvgIpc) is 2.74. The smallest absolute Gasteiger partial charge is 0.253 e. The lowest BCUT2D eigenvalue weighted by atomic mass is 10.1. The summed E-state index contributed by atoms with van der Waals surface area (Å²) in [6.07, 6.45) is 9.18. The van der Waals surface area contributed by atoms with Crippen LogP contribution in [0.3, 0.4) is 0 Å². The van der Waals surface area contributed by atoms with Crippen molar-refractivity contribution in [3.63, 3.8) is 0 Å². The number of ether oxygens (including phenoxy) is 3. The van der Waals surface area contributed by atoms with E-state index in [1.165, 1.54) is 25.2 Å². The minimum absolute atomic E-state index is 0.127. The molecule has 7 nitrogen and oxygen atoms in total. The molecule has 0 bridgehead atoms. The molecular weight excluding hydrogens is 374 g/mol. The molecular formula is C22H29NO6. The third kappa shape index (κ3) is 6.62. The Hall–Kier alpha value is -2.83. The van der Waals surface area contributed by atoms with Gasteiger partial charge in [-0.1, -0.05) is 0 Å². The van der Waals surface area contributed by atoms with Gasteiger partial charge in [0, 0.05) is 25.5 Å². The maximum atomic E-state index is 12.3. The van der Waals surface area contributed by atoms with E-state index in [2.05, 4.69) is 0 Å². The highest BCUT2D eigenvalue weighted by molar-refractivity contribution is 6.03. The van der Waals surface area contributed by atoms with Gasteiger partial charge in [0.25, 0.3) is 5.91 Å². The molecule has 1 aromatic carbocycles. The van der Waals surface area contributed by atoms with E-state index in [9.17, 15) is 14.4 Å². The quantitative estimate of drug-likeness (QED) is 0.320. The Bertz CT molecular complexity index is 718. The monoisotopic (exact) mass is 403 g/mol. The number of nitrogens with zero attached hydrogens (tertiary/aromatic N) is 1. The van der Waals surface area contributed by atoms with Crippen molar-refractivity contribution in [2.24, 2.45) is 0 Å². The summed E-state index contributed by atoms with van der Waals surface area (Å²) in [5.74, 6) is 1.05. The second kappa shape index (κ2) is 11.9. The van der Waals surface area contributed by atoms with E-state index in [0.717, 1.165) is 38.4 Å². The first-order valence-corrected chi connectivity index (χ1v) is 9.95. The molecule has 2 amide bonds. The number of hydrogen-bond donors (Lipinski definition) is 0. The zero-order valence-electron chi connectivity index (χ0n) is 17.1. The van der Waals surface area contributed by atoms with Crippen LogP contribution in [0.5, 0.6) is 17.2 Å². The molecule has 0 aromatic heterocycles. The molecule has 0 saturated carbocycles. The van der Waals surface area contributed by atoms with Crippen LogP contribution in [0.2, 0.25) is 0 Å². The number of aldehydes is 1. The third-order valence-corrected chi connectivity index (χ3v) is 4.70. The van der Waals surface area contributed by atoms with Crippen LogP contribution >= 0.6 is 0 Å². The molecule has 1 aliphatic heterocycles. The first-order valence-electron chi connectivity index (χ1n) is 9.95. The van der Waals surface area contributed by atoms with Crippen molar-refractivity contribution in [1.29, 1.82) is 0 Å². The van der Waals surface area contributed by atoms with E-state index in [1.54, 1.807) is 18.2 Å². The van der Waals surface area contributed by atoms with Gasteiger partial charge in [0.1, 0.15) is 6.29 Å². The molecule has 0 unspecified atom stereocenters. The largest absolute Gasteiger partial charge is 0.493 e. The molecule has 0 N–H and O–H groups in total. The molecule has 2 rings (SSSR count). The van der Waals surface area contributed by atoms with Gasteiger partial charge in [0.15, 0.2) is 11.5 Å². The molecule has 0 aliphatic carbocycles. The summed E-state index contributed by atoms with van der Waals surface area (Å²) in [4.78, 5) is 35.8. The standard InChI is InChI=1S/C22H29NO6/c1-27-18-15-17(10-11-21(26)23-12-6-5-9-20(23)25)16-19(28-2)22(18)29-14-8-4-3-7-13-24/h10-11,13,15-16H,3-9,12,14H2,1-2H3/b11-10+. The Kier molecular flexibility index (Phi) is 9.21. The van der Waals surface area contributed by atoms with Crippen molar-refractivity contribution < 1.29 is 28.6 Å². The molecule has 1 aliphatic rings. The lowest BCUT2D eigenvalue weighted by Gasteiger charge is -2.23. The van der Waals surface area contributed by atoms with Crippen LogP contribution in [0.1, 0.15) is 50.5 Å². The third-order valence-electron chi connectivity index (χ3n) is 4.70. The van der Waals surface area contributed by atoms with Crippen LogP contribution < -0.4 is 14.2 Å². The fraction of sp³-hybridized carbons (Fsp3) is 0.500. The van der Waals surface area contributed by atoms with Crippen molar-refractivity contribution in [2.75, 3.05) is 27.4 Å². The van der Waals surface area contributed by atoms with Gasteiger partial charge < -0.3 is 19.0 Å². The fourth-order valence-electron chi connectivity index (χ4n) is 3.12. The summed E-state index contributed by atoms with van der Waals surface area (Å²) in [6.45, 7) is 0.949. The number of unbranched alkanes of at least 4 members (excludes halogenated alkanes) is 3. The number of likely N-dealkylation sites (tertiary alicyclic amines) is 1. The summed E-state index contributed by atoms with van der Waals surface area (Å²) in [7, 11) is 3.08. The number of piperidine rings is 1. The Morgan fingerprint density at radius 1 is 1.10 bits per heavy atom. The van der Waals surface area contributed by atoms with Gasteiger partial charge >= 0.3 is 0 Å². The number of imide groups is 1. The minimum atomic E-state index is -0.316. The van der Waals surface area contributed by atoms with Gasteiger partial charge in [-0.2, -0.15) is 0 Å². The number of amides is 2. The summed E-state index contributed by atoms with van der Waals surface area (Å²) < 4.78 is 16.7. The predicted octanol–water partition coefficient (Wildman–Crippen LogP) is 3.39. The highest BCUT2D eigenvalue weighted by Gasteiger charge is 2.22. The van der Waals surface area contributed by atoms with Crippen molar-refractivity contribution in [3.05, 3.63) is 23.8 Å². The van der Waals surface area contributed by atoms with Crippen LogP contribution in [-0.4, -0.2) is 50.4 Å². The van der Waals surface area contributed by atoms with Gasteiger partial charge in [-0.15, -0.1) is 0 Å². The maximum Gasteiger partial charge on any atom is 0.253 e. The molecule has 1 fully saturated rings. The van der Waals surface area contributed by atoms with E-state index in [0.29, 0.717) is 48.8 Å². The lowest BCUT2D eigenvalue weighted by Crippen LogP contribution is -2.39. The Morgan fingerprint density at radius 2 is 1.83 bits per heavy atom. The minimum Gasteiger partial charge on any atom is -0.493 e. The van der Waals surface area contributed by atoms with Gasteiger partial charge in [0.05, 0.1) is 20.8 Å². The van der Waals surface area contributed by atoms with E-state index < -0.39 is 0 Å². The first kappa shape index (κ1) is 22.5. The van der Waals surface area contributed by atoms with Crippen LogP contribution in [0.25, 0.3) is 6.08 Å². The molecule has 1 heterocycles. The van der Waals surface area contributed by atoms with Gasteiger partial charge in [-0.05, 0) is 55.9 Å². The Labute approximate surface area is 171 Å². The molecule has 0 radical (unpaired) electrons. The Morgan fingerprint density at radius 3 is 2.45 bits per heavy atom. The van der Waals surface area contributed by atoms with Crippen LogP contribution in [0.4, 0.5) is 0 Å². The highest BCUT2D eigenvalue weighted by atomic mass is 16.5. The summed E-state index contributed by atoms with van der Waals surface area (Å²) in [5.41, 5.74) is 0.704. The SMILES string of the molecule is COc1cc(/C=C/C(=O)N2CCCCC2=O)cc(OC)c1OCCCCCC=O. The summed E-state index contributed by atoms with van der Waals surface area (Å²) >= 11 is 0. The number of carbonyl (C=O) groups excluding carboxylic acids is 3. The van der Waals surface area contributed by atoms with Crippen molar-refractivity contribution >= 4 is 24.2 Å². The first-order chi connectivity index (χ1) is 14.1. The van der Waals surface area contributed by atoms with Crippen LogP contribution in [0, 0.1) is 0 Å². The second-order valence-corrected chi connectivity index (χ2v) is 6.79. The maximum absolute atomic E-state index is 12.3. The number of rotatable bonds is 11. The van der Waals surface area contributed by atoms with Gasteiger partial charge in [-0.3, -0.25) is 14.5 Å². The molecule has 0 spiro atoms. The zero-order valence-corrected chi connectivity index (χ0v) is 17.1. The number of hydrogen-bond acceptors (Lipinski definition) is 6. The predicted molar refractivity (Wildman–Crippen MR) is 109 cm³/mol. The van der Waals surface area contributed by atoms with Crippen molar-refractivity contribution in [1.82, 2.24) is 4.90 Å². The second-order valence-electron chi connectivity index (χ2n) is 6.79.